The van der Waals surface area contributed by atoms with E-state index in [1.807, 2.05) is 30.3 Å². The Bertz CT molecular complexity index is 592. The number of rotatable bonds is 3. The number of hydrogen-bond donors (Lipinski definition) is 1. The molecule has 0 unspecified atom stereocenters. The van der Waals surface area contributed by atoms with Gasteiger partial charge in [-0.3, -0.25) is 4.79 Å². The Morgan fingerprint density at radius 3 is 2.63 bits per heavy atom. The summed E-state index contributed by atoms with van der Waals surface area (Å²) in [6.07, 6.45) is 0. The first-order valence-corrected chi connectivity index (χ1v) is 6.10. The molecule has 1 amide bonds. The van der Waals surface area contributed by atoms with Crippen LogP contribution in [0, 0.1) is 0 Å². The van der Waals surface area contributed by atoms with Crippen molar-refractivity contribution >= 4 is 17.6 Å². The van der Waals surface area contributed by atoms with Crippen LogP contribution in [0.15, 0.2) is 36.4 Å². The summed E-state index contributed by atoms with van der Waals surface area (Å²) in [7, 11) is 0. The van der Waals surface area contributed by atoms with Gasteiger partial charge < -0.3 is 10.1 Å². The molecule has 2 rings (SSSR count). The minimum atomic E-state index is -0.424. The predicted molar refractivity (Wildman–Crippen MR) is 73.3 cm³/mol. The fraction of sp³-hybridized carbons (Fsp3) is 0.200. The average molecular weight is 257 g/mol. The molecule has 0 aromatic rings. The zero-order valence-corrected chi connectivity index (χ0v) is 10.9. The van der Waals surface area contributed by atoms with E-state index >= 15 is 0 Å². The molecular formula is C15H15NO3. The summed E-state index contributed by atoms with van der Waals surface area (Å²) in [6, 6.07) is 11.1. The molecule has 2 aliphatic rings. The summed E-state index contributed by atoms with van der Waals surface area (Å²) in [5, 5.41) is 2.67. The van der Waals surface area contributed by atoms with Gasteiger partial charge in [-0.2, -0.15) is 0 Å². The highest BCUT2D eigenvalue weighted by Gasteiger charge is 2.22. The Labute approximate surface area is 111 Å². The van der Waals surface area contributed by atoms with Crippen molar-refractivity contribution in [2.75, 3.05) is 11.9 Å². The van der Waals surface area contributed by atoms with E-state index < -0.39 is 5.97 Å². The third-order valence-corrected chi connectivity index (χ3v) is 2.70. The molecular weight excluding hydrogens is 242 g/mol. The SMILES string of the molecule is CCOC(=O)c1c(NC(C)=O)cc2cccccc1-2. The average Bonchev–Trinajstić information content (AvgIpc) is 2.52. The van der Waals surface area contributed by atoms with Gasteiger partial charge in [0, 0.05) is 6.92 Å². The smallest absolute Gasteiger partial charge is 0.340 e. The van der Waals surface area contributed by atoms with Crippen molar-refractivity contribution in [3.63, 3.8) is 0 Å². The molecule has 98 valence electrons. The summed E-state index contributed by atoms with van der Waals surface area (Å²) in [6.45, 7) is 3.46. The van der Waals surface area contributed by atoms with Crippen LogP contribution in [0.2, 0.25) is 0 Å². The van der Waals surface area contributed by atoms with Gasteiger partial charge in [-0.15, -0.1) is 0 Å². The highest BCUT2D eigenvalue weighted by Crippen LogP contribution is 2.35. The zero-order valence-electron chi connectivity index (χ0n) is 10.9. The van der Waals surface area contributed by atoms with E-state index in [4.69, 9.17) is 4.74 Å². The van der Waals surface area contributed by atoms with Crippen LogP contribution in [0.5, 0.6) is 0 Å². The zero-order chi connectivity index (χ0) is 13.8. The van der Waals surface area contributed by atoms with E-state index in [1.165, 1.54) is 6.92 Å². The molecule has 0 saturated heterocycles. The summed E-state index contributed by atoms with van der Waals surface area (Å²) in [5.74, 6) is -0.641. The largest absolute Gasteiger partial charge is 0.462 e. The van der Waals surface area contributed by atoms with Crippen LogP contribution in [-0.4, -0.2) is 18.5 Å². The normalized spacial score (nSPS) is 10.2. The van der Waals surface area contributed by atoms with Gasteiger partial charge in [0.1, 0.15) is 0 Å². The first kappa shape index (κ1) is 13.1. The second-order valence-corrected chi connectivity index (χ2v) is 4.11. The maximum Gasteiger partial charge on any atom is 0.340 e. The van der Waals surface area contributed by atoms with E-state index in [0.29, 0.717) is 17.9 Å². The van der Waals surface area contributed by atoms with Crippen molar-refractivity contribution in [3.8, 4) is 11.1 Å². The van der Waals surface area contributed by atoms with E-state index in [2.05, 4.69) is 5.32 Å². The topological polar surface area (TPSA) is 55.4 Å². The number of fused-ring (bicyclic) bond motifs is 1. The molecule has 0 aromatic heterocycles. The lowest BCUT2D eigenvalue weighted by Gasteiger charge is -2.05. The van der Waals surface area contributed by atoms with E-state index in [1.54, 1.807) is 13.0 Å². The van der Waals surface area contributed by atoms with Crippen molar-refractivity contribution in [2.24, 2.45) is 0 Å². The van der Waals surface area contributed by atoms with Gasteiger partial charge in [0.25, 0.3) is 0 Å². The monoisotopic (exact) mass is 257 g/mol. The van der Waals surface area contributed by atoms with Crippen molar-refractivity contribution < 1.29 is 14.3 Å². The Morgan fingerprint density at radius 2 is 1.95 bits per heavy atom. The lowest BCUT2D eigenvalue weighted by Crippen LogP contribution is -2.11. The predicted octanol–water partition coefficient (Wildman–Crippen LogP) is 2.93. The maximum atomic E-state index is 12.1. The van der Waals surface area contributed by atoms with E-state index in [9.17, 15) is 9.59 Å². The van der Waals surface area contributed by atoms with Crippen LogP contribution in [0.4, 0.5) is 5.69 Å². The minimum absolute atomic E-state index is 0.217. The molecule has 4 nitrogen and oxygen atoms in total. The van der Waals surface area contributed by atoms with Gasteiger partial charge in [0.2, 0.25) is 5.91 Å². The van der Waals surface area contributed by atoms with Crippen molar-refractivity contribution in [2.45, 2.75) is 13.8 Å². The number of ether oxygens (including phenoxy) is 1. The van der Waals surface area contributed by atoms with Crippen LogP contribution < -0.4 is 5.32 Å². The fourth-order valence-electron chi connectivity index (χ4n) is 2.00. The number of carbonyl (C=O) groups excluding carboxylic acids is 2. The van der Waals surface area contributed by atoms with E-state index in [0.717, 1.165) is 11.1 Å². The first-order chi connectivity index (χ1) is 9.13. The van der Waals surface area contributed by atoms with Gasteiger partial charge in [-0.25, -0.2) is 4.79 Å². The van der Waals surface area contributed by atoms with Gasteiger partial charge in [-0.05, 0) is 24.1 Å². The third-order valence-electron chi connectivity index (χ3n) is 2.70. The quantitative estimate of drug-likeness (QED) is 0.860. The second-order valence-electron chi connectivity index (χ2n) is 4.11. The molecule has 0 spiro atoms. The Balaban J connectivity index is 2.58. The number of carbonyl (C=O) groups is 2. The molecule has 1 N–H and O–H groups in total. The molecule has 0 radical (unpaired) electrons. The highest BCUT2D eigenvalue weighted by atomic mass is 16.5. The molecule has 19 heavy (non-hydrogen) atoms. The Hall–Kier alpha value is -2.36. The molecule has 2 aliphatic carbocycles. The number of esters is 1. The van der Waals surface area contributed by atoms with Crippen LogP contribution in [0.25, 0.3) is 11.1 Å². The van der Waals surface area contributed by atoms with Crippen molar-refractivity contribution in [1.29, 1.82) is 0 Å². The molecule has 4 heteroatoms. The lowest BCUT2D eigenvalue weighted by molar-refractivity contribution is -0.114. The second kappa shape index (κ2) is 5.52. The summed E-state index contributed by atoms with van der Waals surface area (Å²) < 4.78 is 5.06. The third kappa shape index (κ3) is 2.73. The van der Waals surface area contributed by atoms with Gasteiger partial charge in [0.15, 0.2) is 0 Å². The number of hydrogen-bond acceptors (Lipinski definition) is 3. The molecule has 0 aromatic carbocycles. The van der Waals surface area contributed by atoms with Gasteiger partial charge >= 0.3 is 5.97 Å². The molecule has 0 fully saturated rings. The molecule has 0 atom stereocenters. The fourth-order valence-corrected chi connectivity index (χ4v) is 2.00. The highest BCUT2D eigenvalue weighted by molar-refractivity contribution is 6.08. The van der Waals surface area contributed by atoms with Crippen LogP contribution >= 0.6 is 0 Å². The van der Waals surface area contributed by atoms with Crippen molar-refractivity contribution in [3.05, 3.63) is 42.0 Å². The number of nitrogens with one attached hydrogen (secondary N) is 1. The summed E-state index contributed by atoms with van der Waals surface area (Å²) in [5.41, 5.74) is 2.56. The number of amides is 1. The molecule has 0 heterocycles. The first-order valence-electron chi connectivity index (χ1n) is 6.10. The van der Waals surface area contributed by atoms with Crippen molar-refractivity contribution in [1.82, 2.24) is 0 Å². The van der Waals surface area contributed by atoms with E-state index in [-0.39, 0.29) is 5.91 Å². The Kier molecular flexibility index (Phi) is 3.80. The number of anilines is 1. The van der Waals surface area contributed by atoms with Gasteiger partial charge in [-0.1, -0.05) is 30.3 Å². The minimum Gasteiger partial charge on any atom is -0.462 e. The molecule has 0 aliphatic heterocycles. The lowest BCUT2D eigenvalue weighted by atomic mass is 10.1. The summed E-state index contributed by atoms with van der Waals surface area (Å²) >= 11 is 0. The molecule has 0 saturated carbocycles. The van der Waals surface area contributed by atoms with Crippen LogP contribution in [-0.2, 0) is 9.53 Å². The molecule has 0 bridgehead atoms. The van der Waals surface area contributed by atoms with Crippen LogP contribution in [0.1, 0.15) is 24.2 Å². The van der Waals surface area contributed by atoms with Gasteiger partial charge in [0.05, 0.1) is 17.9 Å². The maximum absolute atomic E-state index is 12.1. The van der Waals surface area contributed by atoms with Crippen LogP contribution in [0.3, 0.4) is 0 Å². The summed E-state index contributed by atoms with van der Waals surface area (Å²) in [4.78, 5) is 23.3. The Morgan fingerprint density at radius 1 is 1.21 bits per heavy atom. The standard InChI is InChI=1S/C15H15NO3/c1-3-19-15(18)14-12-8-6-4-5-7-11(12)9-13(14)16-10(2)17/h4-9H,3H2,1-2H3,(H,16,17).